The van der Waals surface area contributed by atoms with Crippen LogP contribution >= 0.6 is 0 Å². The summed E-state index contributed by atoms with van der Waals surface area (Å²) in [6.07, 6.45) is 74.9. The van der Waals surface area contributed by atoms with Crippen molar-refractivity contribution in [3.63, 3.8) is 0 Å². The van der Waals surface area contributed by atoms with Crippen LogP contribution < -0.4 is 21.3 Å². The highest BCUT2D eigenvalue weighted by molar-refractivity contribution is 5.83. The molecule has 4 N–H and O–H groups in total. The van der Waals surface area contributed by atoms with Crippen LogP contribution in [0.2, 0.25) is 0 Å². The summed E-state index contributed by atoms with van der Waals surface area (Å²) in [5, 5.41) is 12.6. The van der Waals surface area contributed by atoms with Crippen molar-refractivity contribution in [3.05, 3.63) is 0 Å². The van der Waals surface area contributed by atoms with Crippen LogP contribution in [0.25, 0.3) is 0 Å². The first-order chi connectivity index (χ1) is 52.0. The molecule has 6 amide bonds. The van der Waals surface area contributed by atoms with Gasteiger partial charge in [-0.05, 0) is 116 Å². The van der Waals surface area contributed by atoms with E-state index in [-0.39, 0.29) is 36.5 Å². The van der Waals surface area contributed by atoms with Crippen molar-refractivity contribution in [1.82, 2.24) is 40.9 Å². The second-order valence-corrected chi connectivity index (χ2v) is 32.4. The van der Waals surface area contributed by atoms with E-state index in [1.54, 1.807) is 0 Å². The summed E-state index contributed by atoms with van der Waals surface area (Å²) in [5.41, 5.74) is 0. The van der Waals surface area contributed by atoms with Crippen LogP contribution in [0.1, 0.15) is 465 Å². The summed E-state index contributed by atoms with van der Waals surface area (Å²) in [5.74, 6) is 0.856. The van der Waals surface area contributed by atoms with Gasteiger partial charge in [0.2, 0.25) is 35.4 Å². The van der Waals surface area contributed by atoms with E-state index in [1.807, 2.05) is 0 Å². The van der Waals surface area contributed by atoms with E-state index in [1.165, 1.54) is 244 Å². The highest BCUT2D eigenvalue weighted by atomic mass is 16.2. The molecule has 0 aromatic rings. The zero-order valence-corrected chi connectivity index (χ0v) is 71.8. The van der Waals surface area contributed by atoms with E-state index in [2.05, 4.69) is 82.4 Å². The Morgan fingerprint density at radius 2 is 0.349 bits per heavy atom. The number of amides is 6. The van der Waals surface area contributed by atoms with Gasteiger partial charge < -0.3 is 40.9 Å². The number of nitrogens with zero attached hydrogens (tertiary/aromatic N) is 4. The van der Waals surface area contributed by atoms with Gasteiger partial charge in [0, 0.05) is 104 Å². The number of carbonyl (C=O) groups excluding carboxylic acids is 6. The molecule has 0 saturated heterocycles. The summed E-state index contributed by atoms with van der Waals surface area (Å²) in [7, 11) is 0. The van der Waals surface area contributed by atoms with Crippen LogP contribution in [0.5, 0.6) is 0 Å². The van der Waals surface area contributed by atoms with Gasteiger partial charge in [0.1, 0.15) is 0 Å². The summed E-state index contributed by atoms with van der Waals surface area (Å²) >= 11 is 0. The number of rotatable bonds is 87. The summed E-state index contributed by atoms with van der Waals surface area (Å²) < 4.78 is 0. The van der Waals surface area contributed by atoms with Crippen molar-refractivity contribution in [1.29, 1.82) is 0 Å². The Bertz CT molecular complexity index is 1780. The molecular weight excluding hydrogens is 1310 g/mol. The predicted molar refractivity (Wildman–Crippen MR) is 457 cm³/mol. The van der Waals surface area contributed by atoms with Gasteiger partial charge >= 0.3 is 0 Å². The van der Waals surface area contributed by atoms with E-state index < -0.39 is 0 Å². The minimum Gasteiger partial charge on any atom is -0.356 e. The summed E-state index contributed by atoms with van der Waals surface area (Å²) in [6.45, 7) is 25.1. The van der Waals surface area contributed by atoms with Crippen LogP contribution in [0, 0.1) is 0 Å². The third-order valence-corrected chi connectivity index (χ3v) is 22.1. The molecule has 0 aliphatic rings. The SMILES string of the molecule is CCCCCCCCCCCNC(=O)CCCCCN(CCCCCCCC(=O)N(CCCCCCCC)CCCCCCCCC)CCNC(=O)CCC(=O)NCCN(CCCCCCCC(=O)N(CCCCCCCC)CCCCCCCCC)CCCCCC(=O)NCCCCCCCCCCC. The molecule has 0 spiro atoms. The Labute approximate surface area is 658 Å². The normalized spacial score (nSPS) is 11.5. The number of hydrogen-bond donors (Lipinski definition) is 4. The third-order valence-electron chi connectivity index (χ3n) is 22.1. The van der Waals surface area contributed by atoms with Crippen LogP contribution in [0.15, 0.2) is 0 Å². The highest BCUT2D eigenvalue weighted by Gasteiger charge is 2.17. The Morgan fingerprint density at radius 1 is 0.170 bits per heavy atom. The lowest BCUT2D eigenvalue weighted by molar-refractivity contribution is -0.132. The van der Waals surface area contributed by atoms with Crippen LogP contribution in [-0.2, 0) is 28.8 Å². The summed E-state index contributed by atoms with van der Waals surface area (Å²) in [4.78, 5) is 88.5. The molecule has 0 atom stereocenters. The van der Waals surface area contributed by atoms with Crippen molar-refractivity contribution >= 4 is 35.4 Å². The fraction of sp³-hybridized carbons (Fsp3) is 0.935. The monoisotopic (exact) mass is 1500 g/mol. The lowest BCUT2D eigenvalue weighted by Crippen LogP contribution is -2.37. The van der Waals surface area contributed by atoms with Crippen molar-refractivity contribution in [2.45, 2.75) is 465 Å². The molecule has 14 heteroatoms. The lowest BCUT2D eigenvalue weighted by atomic mass is 10.1. The van der Waals surface area contributed by atoms with Gasteiger partial charge in [-0.15, -0.1) is 0 Å². The first-order valence-electron chi connectivity index (χ1n) is 47.1. The molecule has 14 nitrogen and oxygen atoms in total. The van der Waals surface area contributed by atoms with Crippen LogP contribution in [0.3, 0.4) is 0 Å². The number of carbonyl (C=O) groups is 6. The average molecular weight is 1500 g/mol. The molecule has 0 rings (SSSR count). The lowest BCUT2D eigenvalue weighted by Gasteiger charge is -2.23. The fourth-order valence-electron chi connectivity index (χ4n) is 14.9. The van der Waals surface area contributed by atoms with E-state index in [0.717, 1.165) is 220 Å². The first-order valence-corrected chi connectivity index (χ1v) is 47.1. The molecule has 0 fully saturated rings. The molecule has 106 heavy (non-hydrogen) atoms. The molecule has 0 heterocycles. The minimum absolute atomic E-state index is 0.0943. The molecular formula is C92H182N8O6. The first kappa shape index (κ1) is 103. The molecule has 0 unspecified atom stereocenters. The van der Waals surface area contributed by atoms with Gasteiger partial charge in [0.05, 0.1) is 0 Å². The third kappa shape index (κ3) is 74.8. The van der Waals surface area contributed by atoms with Crippen molar-refractivity contribution in [2.75, 3.05) is 91.6 Å². The largest absolute Gasteiger partial charge is 0.356 e. The van der Waals surface area contributed by atoms with Gasteiger partial charge in [-0.25, -0.2) is 0 Å². The van der Waals surface area contributed by atoms with Gasteiger partial charge in [0.15, 0.2) is 0 Å². The highest BCUT2D eigenvalue weighted by Crippen LogP contribution is 2.18. The number of nitrogens with one attached hydrogen (secondary N) is 4. The Balaban J connectivity index is 5.43. The van der Waals surface area contributed by atoms with Crippen molar-refractivity contribution in [2.24, 2.45) is 0 Å². The minimum atomic E-state index is -0.0943. The van der Waals surface area contributed by atoms with Crippen LogP contribution in [-0.4, -0.2) is 147 Å². The van der Waals surface area contributed by atoms with Crippen molar-refractivity contribution in [3.8, 4) is 0 Å². The predicted octanol–water partition coefficient (Wildman–Crippen LogP) is 23.6. The standard InChI is InChI=1S/C92H182N8O6/c1-7-13-19-25-31-33-35-43-57-73-93-87(101)67-53-51-61-79-97(77-59-45-39-41-55-69-91(105)99(81-63-47-29-23-17-11-5)83-65-49-37-27-21-15-9-3)85-75-95-89(103)71-72-90(104)96-76-86-98(80-62-52-54-68-88(102)94-74-58-44-36-34-32-26-20-14-8-2)78-60-46-40-42-56-70-92(106)100(82-64-48-30-24-18-12-6)84-66-50-38-28-22-16-10-4/h7-86H2,1-6H3,(H,93,101)(H,94,102)(H,95,103)(H,96,104). The van der Waals surface area contributed by atoms with Crippen LogP contribution in [0.4, 0.5) is 0 Å². The number of unbranched alkanes of at least 4 members (excludes halogenated alkanes) is 50. The topological polar surface area (TPSA) is 164 Å². The molecule has 626 valence electrons. The van der Waals surface area contributed by atoms with E-state index >= 15 is 0 Å². The average Bonchev–Trinajstić information content (AvgIpc) is 1.04. The molecule has 0 aromatic heterocycles. The molecule has 0 saturated carbocycles. The molecule has 0 aromatic carbocycles. The van der Waals surface area contributed by atoms with E-state index in [0.29, 0.717) is 50.6 Å². The second kappa shape index (κ2) is 84.2. The maximum atomic E-state index is 13.6. The zero-order chi connectivity index (χ0) is 77.2. The molecule has 0 aliphatic heterocycles. The Morgan fingerprint density at radius 3 is 0.604 bits per heavy atom. The molecule has 0 aliphatic carbocycles. The second-order valence-electron chi connectivity index (χ2n) is 32.4. The van der Waals surface area contributed by atoms with E-state index in [9.17, 15) is 28.8 Å². The van der Waals surface area contributed by atoms with Crippen molar-refractivity contribution < 1.29 is 28.8 Å². The molecule has 0 radical (unpaired) electrons. The quantitative estimate of drug-likeness (QED) is 0.0437. The smallest absolute Gasteiger partial charge is 0.222 e. The maximum Gasteiger partial charge on any atom is 0.222 e. The van der Waals surface area contributed by atoms with Gasteiger partial charge in [-0.3, -0.25) is 28.8 Å². The zero-order valence-electron chi connectivity index (χ0n) is 71.8. The molecule has 0 bridgehead atoms. The van der Waals surface area contributed by atoms with Gasteiger partial charge in [-0.2, -0.15) is 0 Å². The Hall–Kier alpha value is -3.26. The van der Waals surface area contributed by atoms with Gasteiger partial charge in [-0.1, -0.05) is 337 Å². The summed E-state index contributed by atoms with van der Waals surface area (Å²) in [6, 6.07) is 0. The Kier molecular flexibility index (Phi) is 81.6. The maximum absolute atomic E-state index is 13.6. The van der Waals surface area contributed by atoms with E-state index in [4.69, 9.17) is 0 Å². The number of hydrogen-bond acceptors (Lipinski definition) is 8. The fourth-order valence-corrected chi connectivity index (χ4v) is 14.9. The van der Waals surface area contributed by atoms with Gasteiger partial charge in [0.25, 0.3) is 0 Å².